The van der Waals surface area contributed by atoms with Crippen LogP contribution in [0.5, 0.6) is 17.2 Å². The van der Waals surface area contributed by atoms with Crippen molar-refractivity contribution in [2.75, 3.05) is 0 Å². The molecule has 112 valence electrons. The maximum atomic E-state index is 9.76. The van der Waals surface area contributed by atoms with Crippen molar-refractivity contribution in [3.05, 3.63) is 52.0 Å². The summed E-state index contributed by atoms with van der Waals surface area (Å²) in [5.74, 6) is -1.08. The highest BCUT2D eigenvalue weighted by molar-refractivity contribution is 9.10. The van der Waals surface area contributed by atoms with Crippen molar-refractivity contribution in [3.8, 4) is 17.2 Å². The van der Waals surface area contributed by atoms with Crippen LogP contribution in [0.4, 0.5) is 0 Å². The molecule has 0 aliphatic carbocycles. The summed E-state index contributed by atoms with van der Waals surface area (Å²) in [6.07, 6.45) is 0.859. The molecular weight excluding hydrogens is 334 g/mol. The second-order valence-corrected chi connectivity index (χ2v) is 5.97. The lowest BCUT2D eigenvalue weighted by atomic mass is 10.1. The second-order valence-electron chi connectivity index (χ2n) is 5.05. The smallest absolute Gasteiger partial charge is 0.200 e. The molecule has 0 fully saturated rings. The highest BCUT2D eigenvalue weighted by Crippen LogP contribution is 2.36. The van der Waals surface area contributed by atoms with Gasteiger partial charge in [0.05, 0.1) is 0 Å². The topological polar surface area (TPSA) is 72.7 Å². The van der Waals surface area contributed by atoms with Crippen LogP contribution in [-0.4, -0.2) is 21.4 Å². The first kappa shape index (κ1) is 15.7. The van der Waals surface area contributed by atoms with Crippen LogP contribution >= 0.6 is 15.9 Å². The first-order valence-corrected chi connectivity index (χ1v) is 7.47. The summed E-state index contributed by atoms with van der Waals surface area (Å²) in [7, 11) is 0. The number of halogens is 1. The van der Waals surface area contributed by atoms with Gasteiger partial charge in [0.15, 0.2) is 11.5 Å². The Balaban J connectivity index is 1.93. The maximum Gasteiger partial charge on any atom is 0.200 e. The van der Waals surface area contributed by atoms with Crippen molar-refractivity contribution in [2.24, 2.45) is 0 Å². The van der Waals surface area contributed by atoms with Crippen LogP contribution in [0.2, 0.25) is 0 Å². The summed E-state index contributed by atoms with van der Waals surface area (Å²) >= 11 is 3.41. The molecule has 1 unspecified atom stereocenters. The molecule has 0 saturated carbocycles. The number of hydrogen-bond donors (Lipinski definition) is 4. The quantitative estimate of drug-likeness (QED) is 0.623. The van der Waals surface area contributed by atoms with E-state index in [1.54, 1.807) is 6.07 Å². The van der Waals surface area contributed by atoms with Crippen molar-refractivity contribution in [1.29, 1.82) is 0 Å². The third-order valence-electron chi connectivity index (χ3n) is 3.31. The molecule has 0 heterocycles. The molecule has 0 aliphatic heterocycles. The molecule has 2 aromatic carbocycles. The Labute approximate surface area is 132 Å². The highest BCUT2D eigenvalue weighted by Gasteiger charge is 2.11. The van der Waals surface area contributed by atoms with Gasteiger partial charge in [-0.05, 0) is 37.1 Å². The van der Waals surface area contributed by atoms with Crippen molar-refractivity contribution in [1.82, 2.24) is 5.32 Å². The number of benzene rings is 2. The molecule has 21 heavy (non-hydrogen) atoms. The predicted octanol–water partition coefficient (Wildman–Crippen LogP) is 3.29. The fourth-order valence-corrected chi connectivity index (χ4v) is 2.35. The predicted molar refractivity (Wildman–Crippen MR) is 85.6 cm³/mol. The lowest BCUT2D eigenvalue weighted by molar-refractivity contribution is 0.363. The third-order valence-corrected chi connectivity index (χ3v) is 3.84. The monoisotopic (exact) mass is 351 g/mol. The molecule has 0 spiro atoms. The summed E-state index contributed by atoms with van der Waals surface area (Å²) in [5.41, 5.74) is 1.77. The average Bonchev–Trinajstić information content (AvgIpc) is 2.46. The van der Waals surface area contributed by atoms with Gasteiger partial charge < -0.3 is 20.6 Å². The summed E-state index contributed by atoms with van der Waals surface area (Å²) in [6.45, 7) is 2.47. The van der Waals surface area contributed by atoms with E-state index >= 15 is 0 Å². The van der Waals surface area contributed by atoms with E-state index in [-0.39, 0.29) is 17.5 Å². The molecule has 0 bridgehead atoms. The van der Waals surface area contributed by atoms with Gasteiger partial charge >= 0.3 is 0 Å². The molecule has 2 aromatic rings. The molecule has 4 nitrogen and oxygen atoms in total. The minimum Gasteiger partial charge on any atom is -0.504 e. The van der Waals surface area contributed by atoms with Gasteiger partial charge in [0.1, 0.15) is 0 Å². The van der Waals surface area contributed by atoms with E-state index in [4.69, 9.17) is 0 Å². The van der Waals surface area contributed by atoms with Gasteiger partial charge in [0, 0.05) is 22.6 Å². The molecule has 0 saturated heterocycles. The molecule has 0 amide bonds. The van der Waals surface area contributed by atoms with Crippen LogP contribution in [0.3, 0.4) is 0 Å². The Hall–Kier alpha value is -1.72. The molecule has 0 radical (unpaired) electrons. The molecular formula is C16H18BrNO3. The lowest BCUT2D eigenvalue weighted by Gasteiger charge is -2.15. The fourth-order valence-electron chi connectivity index (χ4n) is 2.08. The molecule has 0 aliphatic rings. The van der Waals surface area contributed by atoms with E-state index in [1.165, 1.54) is 11.6 Å². The number of phenols is 3. The van der Waals surface area contributed by atoms with Gasteiger partial charge in [-0.2, -0.15) is 0 Å². The number of rotatable bonds is 5. The van der Waals surface area contributed by atoms with Crippen LogP contribution in [0, 0.1) is 0 Å². The van der Waals surface area contributed by atoms with E-state index in [0.717, 1.165) is 10.9 Å². The Bertz CT molecular complexity index is 614. The standard InChI is InChI=1S/C16H18BrNO3/c1-10(8-11-2-5-13(17)6-3-11)18-9-12-4-7-14(19)16(21)15(12)20/h2-7,10,18-21H,8-9H2,1H3. The maximum absolute atomic E-state index is 9.76. The Kier molecular flexibility index (Phi) is 5.09. The van der Waals surface area contributed by atoms with Crippen molar-refractivity contribution < 1.29 is 15.3 Å². The van der Waals surface area contributed by atoms with E-state index in [1.807, 2.05) is 12.1 Å². The SMILES string of the molecule is CC(Cc1ccc(Br)cc1)NCc1ccc(O)c(O)c1O. The minimum atomic E-state index is -0.477. The van der Waals surface area contributed by atoms with Crippen molar-refractivity contribution in [2.45, 2.75) is 25.9 Å². The van der Waals surface area contributed by atoms with Crippen molar-refractivity contribution >= 4 is 15.9 Å². The molecule has 5 heteroatoms. The van der Waals surface area contributed by atoms with Gasteiger partial charge in [-0.1, -0.05) is 34.1 Å². The van der Waals surface area contributed by atoms with Crippen LogP contribution in [-0.2, 0) is 13.0 Å². The largest absolute Gasteiger partial charge is 0.504 e. The van der Waals surface area contributed by atoms with Gasteiger partial charge in [-0.15, -0.1) is 0 Å². The minimum absolute atomic E-state index is 0.210. The zero-order valence-corrected chi connectivity index (χ0v) is 13.3. The fraction of sp³-hybridized carbons (Fsp3) is 0.250. The van der Waals surface area contributed by atoms with E-state index < -0.39 is 5.75 Å². The van der Waals surface area contributed by atoms with Crippen LogP contribution in [0.25, 0.3) is 0 Å². The zero-order chi connectivity index (χ0) is 15.4. The molecule has 4 N–H and O–H groups in total. The van der Waals surface area contributed by atoms with E-state index in [0.29, 0.717) is 12.1 Å². The average molecular weight is 352 g/mol. The van der Waals surface area contributed by atoms with Gasteiger partial charge in [-0.25, -0.2) is 0 Å². The number of nitrogens with one attached hydrogen (secondary N) is 1. The molecule has 1 atom stereocenters. The molecule has 0 aromatic heterocycles. The summed E-state index contributed by atoms with van der Waals surface area (Å²) < 4.78 is 1.05. The first-order valence-electron chi connectivity index (χ1n) is 6.68. The van der Waals surface area contributed by atoms with Crippen LogP contribution in [0.15, 0.2) is 40.9 Å². The Morgan fingerprint density at radius 2 is 1.67 bits per heavy atom. The molecule has 2 rings (SSSR count). The zero-order valence-electron chi connectivity index (χ0n) is 11.7. The normalized spacial score (nSPS) is 12.3. The Morgan fingerprint density at radius 1 is 1.00 bits per heavy atom. The number of hydrogen-bond acceptors (Lipinski definition) is 4. The number of phenolic OH excluding ortho intramolecular Hbond substituents is 3. The van der Waals surface area contributed by atoms with Crippen molar-refractivity contribution in [3.63, 3.8) is 0 Å². The van der Waals surface area contributed by atoms with Gasteiger partial charge in [0.25, 0.3) is 0 Å². The summed E-state index contributed by atoms with van der Waals surface area (Å²) in [6, 6.07) is 11.3. The Morgan fingerprint density at radius 3 is 2.33 bits per heavy atom. The number of aromatic hydroxyl groups is 3. The van der Waals surface area contributed by atoms with E-state index in [2.05, 4.69) is 40.3 Å². The van der Waals surface area contributed by atoms with Crippen LogP contribution in [0.1, 0.15) is 18.1 Å². The third kappa shape index (κ3) is 4.12. The second kappa shape index (κ2) is 6.83. The lowest BCUT2D eigenvalue weighted by Crippen LogP contribution is -2.27. The van der Waals surface area contributed by atoms with Gasteiger partial charge in [-0.3, -0.25) is 0 Å². The summed E-state index contributed by atoms with van der Waals surface area (Å²) in [5, 5.41) is 31.8. The highest BCUT2D eigenvalue weighted by atomic mass is 79.9. The summed E-state index contributed by atoms with van der Waals surface area (Å²) in [4.78, 5) is 0. The van der Waals surface area contributed by atoms with E-state index in [9.17, 15) is 15.3 Å². The first-order chi connectivity index (χ1) is 9.97. The van der Waals surface area contributed by atoms with Crippen LogP contribution < -0.4 is 5.32 Å². The van der Waals surface area contributed by atoms with Gasteiger partial charge in [0.2, 0.25) is 5.75 Å².